The third-order valence-corrected chi connectivity index (χ3v) is 2.11. The molecule has 1 amide bonds. The van der Waals surface area contributed by atoms with Crippen LogP contribution in [0.1, 0.15) is 20.3 Å². The van der Waals surface area contributed by atoms with Gasteiger partial charge < -0.3 is 4.74 Å². The Morgan fingerprint density at radius 3 is 2.60 bits per heavy atom. The largest absolute Gasteiger partial charge is 0.446 e. The lowest BCUT2D eigenvalue weighted by Gasteiger charge is -2.09. The van der Waals surface area contributed by atoms with E-state index in [0.29, 0.717) is 0 Å². The van der Waals surface area contributed by atoms with Crippen molar-refractivity contribution in [3.05, 3.63) is 0 Å². The minimum absolute atomic E-state index is 0.0279. The molecular weight excluding hydrogens is 222 g/mol. The van der Waals surface area contributed by atoms with E-state index >= 15 is 0 Å². The third kappa shape index (κ3) is 7.72. The number of hydrogen-bond donors (Lipinski definition) is 2. The molecule has 0 unspecified atom stereocenters. The maximum Gasteiger partial charge on any atom is 0.422 e. The summed E-state index contributed by atoms with van der Waals surface area (Å²) in [6.45, 7) is 3.13. The first-order valence-electron chi connectivity index (χ1n) is 4.22. The van der Waals surface area contributed by atoms with Gasteiger partial charge >= 0.3 is 16.3 Å². The molecule has 86 valence electrons. The Kier molecular flexibility index (Phi) is 5.66. The SMILES string of the molecule is CC(C)OC(=O)NS(=O)(=O)NCCC#N. The molecule has 0 saturated carbocycles. The average molecular weight is 235 g/mol. The molecule has 0 saturated heterocycles. The minimum Gasteiger partial charge on any atom is -0.446 e. The third-order valence-electron chi connectivity index (χ3n) is 1.09. The van der Waals surface area contributed by atoms with Crippen LogP contribution in [-0.2, 0) is 14.9 Å². The summed E-state index contributed by atoms with van der Waals surface area (Å²) in [5.74, 6) is 0. The van der Waals surface area contributed by atoms with Gasteiger partial charge in [0.15, 0.2) is 0 Å². The molecule has 0 bridgehead atoms. The van der Waals surface area contributed by atoms with E-state index in [9.17, 15) is 13.2 Å². The van der Waals surface area contributed by atoms with Crippen LogP contribution >= 0.6 is 0 Å². The number of nitrogens with zero attached hydrogens (tertiary/aromatic N) is 1. The van der Waals surface area contributed by atoms with Gasteiger partial charge in [0, 0.05) is 13.0 Å². The van der Waals surface area contributed by atoms with Gasteiger partial charge in [0.1, 0.15) is 0 Å². The molecule has 2 N–H and O–H groups in total. The summed E-state index contributed by atoms with van der Waals surface area (Å²) < 4.78 is 30.3. The van der Waals surface area contributed by atoms with Crippen molar-refractivity contribution < 1.29 is 17.9 Å². The van der Waals surface area contributed by atoms with Gasteiger partial charge in [-0.3, -0.25) is 0 Å². The van der Waals surface area contributed by atoms with E-state index in [-0.39, 0.29) is 13.0 Å². The molecule has 0 aromatic heterocycles. The molecule has 0 aliphatic heterocycles. The summed E-state index contributed by atoms with van der Waals surface area (Å²) in [5, 5.41) is 8.17. The van der Waals surface area contributed by atoms with Gasteiger partial charge in [-0.2, -0.15) is 18.4 Å². The topological polar surface area (TPSA) is 108 Å². The molecule has 0 heterocycles. The van der Waals surface area contributed by atoms with E-state index in [2.05, 4.69) is 4.74 Å². The quantitative estimate of drug-likeness (QED) is 0.645. The summed E-state index contributed by atoms with van der Waals surface area (Å²) in [6, 6.07) is 1.75. The van der Waals surface area contributed by atoms with Crippen molar-refractivity contribution in [2.75, 3.05) is 6.54 Å². The molecule has 0 radical (unpaired) electrons. The Morgan fingerprint density at radius 1 is 1.53 bits per heavy atom. The summed E-state index contributed by atoms with van der Waals surface area (Å²) in [6.07, 6.45) is -1.42. The number of nitriles is 1. The molecule has 0 aliphatic rings. The lowest BCUT2D eigenvalue weighted by Crippen LogP contribution is -2.41. The number of amides is 1. The van der Waals surface area contributed by atoms with E-state index in [1.165, 1.54) is 0 Å². The standard InChI is InChI=1S/C7H13N3O4S/c1-6(2)14-7(11)10-15(12,13)9-5-3-4-8/h6,9H,3,5H2,1-2H3,(H,10,11). The molecular formula is C7H13N3O4S. The van der Waals surface area contributed by atoms with Crippen LogP contribution in [0.15, 0.2) is 0 Å². The molecule has 8 heteroatoms. The molecule has 0 fully saturated rings. The van der Waals surface area contributed by atoms with E-state index in [0.717, 1.165) is 0 Å². The van der Waals surface area contributed by atoms with Crippen molar-refractivity contribution in [2.45, 2.75) is 26.4 Å². The fraction of sp³-hybridized carbons (Fsp3) is 0.714. The second-order valence-electron chi connectivity index (χ2n) is 2.86. The first-order chi connectivity index (χ1) is 6.87. The van der Waals surface area contributed by atoms with E-state index in [1.807, 2.05) is 4.72 Å². The molecule has 0 rings (SSSR count). The van der Waals surface area contributed by atoms with Crippen LogP contribution in [-0.4, -0.2) is 27.2 Å². The highest BCUT2D eigenvalue weighted by molar-refractivity contribution is 7.88. The van der Waals surface area contributed by atoms with Crippen molar-refractivity contribution in [3.8, 4) is 6.07 Å². The Morgan fingerprint density at radius 2 is 2.13 bits per heavy atom. The fourth-order valence-corrected chi connectivity index (χ4v) is 1.34. The van der Waals surface area contributed by atoms with E-state index in [1.54, 1.807) is 24.6 Å². The zero-order chi connectivity index (χ0) is 11.9. The summed E-state index contributed by atoms with van der Waals surface area (Å²) in [7, 11) is -3.92. The highest BCUT2D eigenvalue weighted by Crippen LogP contribution is 1.89. The Hall–Kier alpha value is -1.33. The first-order valence-corrected chi connectivity index (χ1v) is 5.70. The highest BCUT2D eigenvalue weighted by Gasteiger charge is 2.15. The molecule has 7 nitrogen and oxygen atoms in total. The Balaban J connectivity index is 4.04. The van der Waals surface area contributed by atoms with Gasteiger partial charge in [0.05, 0.1) is 12.2 Å². The second kappa shape index (κ2) is 6.21. The van der Waals surface area contributed by atoms with Crippen molar-refractivity contribution in [2.24, 2.45) is 0 Å². The van der Waals surface area contributed by atoms with Crippen LogP contribution in [0.25, 0.3) is 0 Å². The van der Waals surface area contributed by atoms with Crippen LogP contribution in [0.5, 0.6) is 0 Å². The number of nitrogens with one attached hydrogen (secondary N) is 2. The first kappa shape index (κ1) is 13.7. The minimum atomic E-state index is -3.92. The fourth-order valence-electron chi connectivity index (χ4n) is 0.625. The molecule has 0 aliphatic carbocycles. The van der Waals surface area contributed by atoms with Gasteiger partial charge in [-0.25, -0.2) is 9.52 Å². The van der Waals surface area contributed by atoms with Gasteiger partial charge in [-0.05, 0) is 13.8 Å². The molecule has 0 atom stereocenters. The predicted molar refractivity (Wildman–Crippen MR) is 51.9 cm³/mol. The van der Waals surface area contributed by atoms with Gasteiger partial charge in [-0.1, -0.05) is 0 Å². The number of ether oxygens (including phenoxy) is 1. The molecule has 0 spiro atoms. The number of carbonyl (C=O) groups is 1. The van der Waals surface area contributed by atoms with Gasteiger partial charge in [0.2, 0.25) is 0 Å². The smallest absolute Gasteiger partial charge is 0.422 e. The van der Waals surface area contributed by atoms with Crippen molar-refractivity contribution in [1.29, 1.82) is 5.26 Å². The average Bonchev–Trinajstić information content (AvgIpc) is 2.00. The van der Waals surface area contributed by atoms with Crippen LogP contribution in [0.4, 0.5) is 4.79 Å². The lowest BCUT2D eigenvalue weighted by molar-refractivity contribution is 0.121. The van der Waals surface area contributed by atoms with Crippen molar-refractivity contribution in [3.63, 3.8) is 0 Å². The van der Waals surface area contributed by atoms with Crippen LogP contribution in [0, 0.1) is 11.3 Å². The van der Waals surface area contributed by atoms with Crippen molar-refractivity contribution in [1.82, 2.24) is 9.44 Å². The number of hydrogen-bond acceptors (Lipinski definition) is 5. The summed E-state index contributed by atoms with van der Waals surface area (Å²) >= 11 is 0. The molecule has 0 aromatic carbocycles. The van der Waals surface area contributed by atoms with Crippen molar-refractivity contribution >= 4 is 16.3 Å². The zero-order valence-corrected chi connectivity index (χ0v) is 9.30. The van der Waals surface area contributed by atoms with Crippen LogP contribution in [0.2, 0.25) is 0 Å². The van der Waals surface area contributed by atoms with Crippen LogP contribution in [0.3, 0.4) is 0 Å². The highest BCUT2D eigenvalue weighted by atomic mass is 32.2. The number of carbonyl (C=O) groups excluding carboxylic acids is 1. The maximum atomic E-state index is 11.1. The van der Waals surface area contributed by atoms with E-state index < -0.39 is 22.4 Å². The maximum absolute atomic E-state index is 11.1. The second-order valence-corrected chi connectivity index (χ2v) is 4.36. The van der Waals surface area contributed by atoms with E-state index in [4.69, 9.17) is 5.26 Å². The zero-order valence-electron chi connectivity index (χ0n) is 8.48. The normalized spacial score (nSPS) is 10.8. The van der Waals surface area contributed by atoms with Gasteiger partial charge in [0.25, 0.3) is 0 Å². The summed E-state index contributed by atoms with van der Waals surface area (Å²) in [4.78, 5) is 10.9. The monoisotopic (exact) mass is 235 g/mol. The summed E-state index contributed by atoms with van der Waals surface area (Å²) in [5.41, 5.74) is 0. The van der Waals surface area contributed by atoms with Crippen LogP contribution < -0.4 is 9.44 Å². The molecule has 0 aromatic rings. The lowest BCUT2D eigenvalue weighted by atomic mass is 10.5. The Labute approximate surface area is 88.6 Å². The molecule has 15 heavy (non-hydrogen) atoms. The number of rotatable bonds is 5. The van der Waals surface area contributed by atoms with Gasteiger partial charge in [-0.15, -0.1) is 0 Å². The predicted octanol–water partition coefficient (Wildman–Crippen LogP) is -0.131. The Bertz CT molecular complexity index is 344.